The summed E-state index contributed by atoms with van der Waals surface area (Å²) in [6.45, 7) is 0.300. The highest BCUT2D eigenvalue weighted by Crippen LogP contribution is 2.17. The maximum Gasteiger partial charge on any atom is 0.155 e. The number of nitrogens with zero attached hydrogens (tertiary/aromatic N) is 2. The minimum atomic E-state index is 0.300. The molecule has 1 rings (SSSR count). The second-order valence-corrected chi connectivity index (χ2v) is 2.68. The topological polar surface area (TPSA) is 44.1 Å². The second-order valence-electron chi connectivity index (χ2n) is 2.33. The monoisotopic (exact) mass is 188 g/mol. The molecule has 1 aromatic rings. The van der Waals surface area contributed by atoms with Crippen molar-refractivity contribution in [2.75, 3.05) is 7.11 Å². The van der Waals surface area contributed by atoms with Crippen LogP contribution in [-0.4, -0.2) is 23.2 Å². The van der Waals surface area contributed by atoms with E-state index in [1.165, 1.54) is 11.8 Å². The quantitative estimate of drug-likeness (QED) is 0.666. The van der Waals surface area contributed by atoms with Crippen LogP contribution in [0.25, 0.3) is 0 Å². The number of hydrogen-bond acceptors (Lipinski definition) is 3. The van der Waals surface area contributed by atoms with E-state index in [1.54, 1.807) is 7.05 Å². The van der Waals surface area contributed by atoms with E-state index in [0.29, 0.717) is 29.3 Å². The number of aldehydes is 1. The van der Waals surface area contributed by atoms with E-state index < -0.39 is 0 Å². The van der Waals surface area contributed by atoms with Crippen LogP contribution in [0.2, 0.25) is 5.15 Å². The van der Waals surface area contributed by atoms with Crippen molar-refractivity contribution in [3.05, 3.63) is 16.4 Å². The zero-order chi connectivity index (χ0) is 9.14. The Morgan fingerprint density at radius 1 is 1.75 bits per heavy atom. The van der Waals surface area contributed by atoms with E-state index in [9.17, 15) is 4.79 Å². The molecule has 0 unspecified atom stereocenters. The number of ether oxygens (including phenoxy) is 1. The molecule has 0 fully saturated rings. The predicted octanol–water partition coefficient (Wildman–Crippen LogP) is 1.03. The molecule has 1 heterocycles. The minimum Gasteiger partial charge on any atom is -0.378 e. The van der Waals surface area contributed by atoms with Crippen molar-refractivity contribution in [2.24, 2.45) is 7.05 Å². The highest BCUT2D eigenvalue weighted by atomic mass is 35.5. The van der Waals surface area contributed by atoms with Gasteiger partial charge in [0.2, 0.25) is 0 Å². The fourth-order valence-corrected chi connectivity index (χ4v) is 1.12. The third-order valence-corrected chi connectivity index (χ3v) is 1.94. The molecule has 1 aromatic heterocycles. The molecule has 66 valence electrons. The second kappa shape index (κ2) is 3.69. The molecule has 4 nitrogen and oxygen atoms in total. The lowest BCUT2D eigenvalue weighted by Crippen LogP contribution is -1.94. The Bertz CT molecular complexity index is 296. The predicted molar refractivity (Wildman–Crippen MR) is 44.3 cm³/mol. The van der Waals surface area contributed by atoms with Crippen molar-refractivity contribution >= 4 is 17.9 Å². The lowest BCUT2D eigenvalue weighted by Gasteiger charge is -1.92. The number of carbonyl (C=O) groups excluding carboxylic acids is 1. The molecule has 0 saturated carbocycles. The largest absolute Gasteiger partial charge is 0.378 e. The Labute approximate surface area is 75.1 Å². The maximum absolute atomic E-state index is 10.5. The normalized spacial score (nSPS) is 10.2. The fourth-order valence-electron chi connectivity index (χ4n) is 0.932. The van der Waals surface area contributed by atoms with Crippen LogP contribution in [0.4, 0.5) is 0 Å². The van der Waals surface area contributed by atoms with Gasteiger partial charge in [0.15, 0.2) is 6.29 Å². The third-order valence-electron chi connectivity index (χ3n) is 1.49. The summed E-state index contributed by atoms with van der Waals surface area (Å²) < 4.78 is 6.29. The van der Waals surface area contributed by atoms with Gasteiger partial charge in [-0.3, -0.25) is 9.48 Å². The molecule has 12 heavy (non-hydrogen) atoms. The van der Waals surface area contributed by atoms with Gasteiger partial charge in [0, 0.05) is 14.2 Å². The summed E-state index contributed by atoms with van der Waals surface area (Å²) in [6.07, 6.45) is 0.684. The van der Waals surface area contributed by atoms with Crippen LogP contribution in [0.3, 0.4) is 0 Å². The molecule has 0 N–H and O–H groups in total. The van der Waals surface area contributed by atoms with Crippen LogP contribution in [-0.2, 0) is 18.4 Å². The average molecular weight is 189 g/mol. The fraction of sp³-hybridized carbons (Fsp3) is 0.429. The van der Waals surface area contributed by atoms with Crippen LogP contribution in [0.1, 0.15) is 16.1 Å². The Balaban J connectivity index is 3.10. The molecular weight excluding hydrogens is 180 g/mol. The first-order valence-corrected chi connectivity index (χ1v) is 3.74. The lowest BCUT2D eigenvalue weighted by molar-refractivity contribution is 0.111. The molecular formula is C7H9ClN2O2. The zero-order valence-electron chi connectivity index (χ0n) is 6.87. The van der Waals surface area contributed by atoms with Crippen molar-refractivity contribution < 1.29 is 9.53 Å². The van der Waals surface area contributed by atoms with Gasteiger partial charge in [0.25, 0.3) is 0 Å². The van der Waals surface area contributed by atoms with E-state index in [1.807, 2.05) is 0 Å². The van der Waals surface area contributed by atoms with Crippen molar-refractivity contribution in [1.29, 1.82) is 0 Å². The molecule has 5 heteroatoms. The van der Waals surface area contributed by atoms with Gasteiger partial charge in [0.1, 0.15) is 10.8 Å². The smallest absolute Gasteiger partial charge is 0.155 e. The number of halogens is 1. The molecule has 0 bridgehead atoms. The van der Waals surface area contributed by atoms with Crippen LogP contribution in [0.5, 0.6) is 0 Å². The first-order valence-electron chi connectivity index (χ1n) is 3.36. The van der Waals surface area contributed by atoms with Crippen molar-refractivity contribution in [3.63, 3.8) is 0 Å². The average Bonchev–Trinajstić information content (AvgIpc) is 2.29. The summed E-state index contributed by atoms with van der Waals surface area (Å²) in [5.41, 5.74) is 0.973. The summed E-state index contributed by atoms with van der Waals surface area (Å²) in [6, 6.07) is 0. The Kier molecular flexibility index (Phi) is 2.83. The number of hydrogen-bond donors (Lipinski definition) is 0. The molecule has 0 atom stereocenters. The van der Waals surface area contributed by atoms with E-state index in [-0.39, 0.29) is 0 Å². The van der Waals surface area contributed by atoms with Gasteiger partial charge in [-0.25, -0.2) is 0 Å². The lowest BCUT2D eigenvalue weighted by atomic mass is 10.3. The van der Waals surface area contributed by atoms with E-state index in [2.05, 4.69) is 5.10 Å². The highest BCUT2D eigenvalue weighted by molar-refractivity contribution is 6.32. The van der Waals surface area contributed by atoms with Gasteiger partial charge in [-0.1, -0.05) is 11.6 Å². The van der Waals surface area contributed by atoms with Crippen LogP contribution in [0.15, 0.2) is 0 Å². The summed E-state index contributed by atoms with van der Waals surface area (Å²) in [4.78, 5) is 10.5. The van der Waals surface area contributed by atoms with Gasteiger partial charge in [-0.05, 0) is 0 Å². The molecule has 0 aromatic carbocycles. The van der Waals surface area contributed by atoms with E-state index in [0.717, 1.165) is 0 Å². The molecule has 0 saturated heterocycles. The highest BCUT2D eigenvalue weighted by Gasteiger charge is 2.12. The Morgan fingerprint density at radius 3 is 2.92 bits per heavy atom. The number of carbonyl (C=O) groups is 1. The Hall–Kier alpha value is -0.870. The maximum atomic E-state index is 10.5. The first kappa shape index (κ1) is 9.22. The third kappa shape index (κ3) is 1.49. The summed E-state index contributed by atoms with van der Waals surface area (Å²) in [5, 5.41) is 4.34. The van der Waals surface area contributed by atoms with E-state index in [4.69, 9.17) is 16.3 Å². The number of aromatic nitrogens is 2. The van der Waals surface area contributed by atoms with Gasteiger partial charge >= 0.3 is 0 Å². The van der Waals surface area contributed by atoms with Gasteiger partial charge in [-0.2, -0.15) is 5.10 Å². The number of rotatable bonds is 3. The minimum absolute atomic E-state index is 0.300. The van der Waals surface area contributed by atoms with Gasteiger partial charge in [0.05, 0.1) is 12.2 Å². The van der Waals surface area contributed by atoms with Crippen LogP contribution < -0.4 is 0 Å². The molecule has 0 aliphatic heterocycles. The molecule has 0 aliphatic rings. The number of methoxy groups -OCH3 is 1. The first-order chi connectivity index (χ1) is 5.70. The zero-order valence-corrected chi connectivity index (χ0v) is 7.63. The van der Waals surface area contributed by atoms with Gasteiger partial charge < -0.3 is 4.74 Å². The van der Waals surface area contributed by atoms with Crippen molar-refractivity contribution in [1.82, 2.24) is 9.78 Å². The number of aryl methyl sites for hydroxylation is 1. The SMILES string of the molecule is COCc1nn(C)c(Cl)c1C=O. The molecule has 0 aliphatic carbocycles. The summed E-state index contributed by atoms with van der Waals surface area (Å²) in [5.74, 6) is 0. The van der Waals surface area contributed by atoms with Crippen LogP contribution >= 0.6 is 11.6 Å². The molecule has 0 amide bonds. The molecule has 0 spiro atoms. The Morgan fingerprint density at radius 2 is 2.42 bits per heavy atom. The standard InChI is InChI=1S/C7H9ClN2O2/c1-10-7(8)5(3-11)6(9-10)4-12-2/h3H,4H2,1-2H3. The van der Waals surface area contributed by atoms with Crippen molar-refractivity contribution in [2.45, 2.75) is 6.61 Å². The van der Waals surface area contributed by atoms with E-state index >= 15 is 0 Å². The van der Waals surface area contributed by atoms with Crippen molar-refractivity contribution in [3.8, 4) is 0 Å². The molecule has 0 radical (unpaired) electrons. The summed E-state index contributed by atoms with van der Waals surface area (Å²) in [7, 11) is 3.21. The van der Waals surface area contributed by atoms with Gasteiger partial charge in [-0.15, -0.1) is 0 Å². The van der Waals surface area contributed by atoms with Crippen LogP contribution in [0, 0.1) is 0 Å². The summed E-state index contributed by atoms with van der Waals surface area (Å²) >= 11 is 5.76.